The molecule has 0 bridgehead atoms. The van der Waals surface area contributed by atoms with Crippen LogP contribution in [-0.4, -0.2) is 53.5 Å². The average Bonchev–Trinajstić information content (AvgIpc) is 2.87. The highest BCUT2D eigenvalue weighted by molar-refractivity contribution is 5.98. The molecule has 0 spiro atoms. The molecule has 2 aromatic rings. The first kappa shape index (κ1) is 30.4. The molecule has 13 heteroatoms. The van der Waals surface area contributed by atoms with Crippen LogP contribution in [0.25, 0.3) is 0 Å². The average molecular weight is 541 g/mol. The Hall–Kier alpha value is -3.87. The molecule has 1 heterocycles. The van der Waals surface area contributed by atoms with Gasteiger partial charge in [0.25, 0.3) is 11.9 Å². The second kappa shape index (κ2) is 13.6. The van der Waals surface area contributed by atoms with Gasteiger partial charge in [-0.3, -0.25) is 4.79 Å². The third kappa shape index (κ3) is 9.88. The van der Waals surface area contributed by atoms with Crippen molar-refractivity contribution in [1.29, 1.82) is 0 Å². The van der Waals surface area contributed by atoms with Gasteiger partial charge in [-0.15, -0.1) is 13.2 Å². The minimum Gasteiger partial charge on any atom is -0.474 e. The Morgan fingerprint density at radius 3 is 2.26 bits per heavy atom. The summed E-state index contributed by atoms with van der Waals surface area (Å²) < 4.78 is 51.9. The lowest BCUT2D eigenvalue weighted by molar-refractivity contribution is -0.274. The molecule has 0 aliphatic heterocycles. The molecule has 3 rings (SSSR count). The van der Waals surface area contributed by atoms with Crippen molar-refractivity contribution in [1.82, 2.24) is 4.98 Å². The molecule has 1 aromatic heterocycles. The molecule has 4 N–H and O–H groups in total. The first-order valence-electron chi connectivity index (χ1n) is 11.7. The molecule has 0 radical (unpaired) electrons. The summed E-state index contributed by atoms with van der Waals surface area (Å²) in [5.41, 5.74) is 4.96. The number of pyridine rings is 1. The predicted molar refractivity (Wildman–Crippen MR) is 133 cm³/mol. The highest BCUT2D eigenvalue weighted by atomic mass is 19.4. The summed E-state index contributed by atoms with van der Waals surface area (Å²) in [5, 5.41) is 9.67. The van der Waals surface area contributed by atoms with Crippen molar-refractivity contribution >= 4 is 29.6 Å². The van der Waals surface area contributed by atoms with Gasteiger partial charge in [-0.2, -0.15) is 4.99 Å². The van der Waals surface area contributed by atoms with Gasteiger partial charge in [-0.1, -0.05) is 0 Å². The number of amidine groups is 1. The van der Waals surface area contributed by atoms with Gasteiger partial charge < -0.3 is 35.2 Å². The van der Waals surface area contributed by atoms with Gasteiger partial charge in [0.15, 0.2) is 5.60 Å². The highest BCUT2D eigenvalue weighted by Gasteiger charge is 2.32. The van der Waals surface area contributed by atoms with Crippen LogP contribution in [-0.2, 0) is 14.3 Å². The number of anilines is 1. The van der Waals surface area contributed by atoms with E-state index in [4.69, 9.17) is 20.3 Å². The maximum absolute atomic E-state index is 12.7. The lowest BCUT2D eigenvalue weighted by Gasteiger charge is -2.26. The molecule has 0 atom stereocenters. The molecular weight excluding hydrogens is 509 g/mol. The first-order valence-corrected chi connectivity index (χ1v) is 11.7. The van der Waals surface area contributed by atoms with Gasteiger partial charge in [0.05, 0.1) is 17.6 Å². The molecule has 1 aromatic carbocycles. The van der Waals surface area contributed by atoms with E-state index in [1.54, 1.807) is 12.1 Å². The standard InChI is InChI=1S/C24H27F3N4O5.CH4O/c1-23(2,36-22(28)31-16-5-10-19(11-6-16)35-24(25,26)27)21(33)30-17-7-12-20(29-13-17)34-18-8-3-15(14-32)4-9-18;1-2/h5-7,10-15,18H,3-4,8-9H2,1-2H3,(H2,28,31)(H,30,33);2H,1H3. The van der Waals surface area contributed by atoms with Crippen LogP contribution in [0.4, 0.5) is 24.5 Å². The zero-order chi connectivity index (χ0) is 28.3. The number of hydrogen-bond acceptors (Lipinski definition) is 8. The van der Waals surface area contributed by atoms with Crippen LogP contribution in [0.2, 0.25) is 0 Å². The summed E-state index contributed by atoms with van der Waals surface area (Å²) in [4.78, 5) is 31.7. The van der Waals surface area contributed by atoms with Crippen LogP contribution >= 0.6 is 0 Å². The third-order valence-electron chi connectivity index (χ3n) is 5.41. The third-order valence-corrected chi connectivity index (χ3v) is 5.41. The van der Waals surface area contributed by atoms with Crippen LogP contribution in [0.5, 0.6) is 11.6 Å². The number of aliphatic hydroxyl groups is 1. The number of nitrogens with one attached hydrogen (secondary N) is 1. The van der Waals surface area contributed by atoms with E-state index in [2.05, 4.69) is 20.0 Å². The van der Waals surface area contributed by atoms with E-state index in [0.29, 0.717) is 11.6 Å². The summed E-state index contributed by atoms with van der Waals surface area (Å²) in [6.07, 6.45) is 0.783. The maximum Gasteiger partial charge on any atom is 0.573 e. The van der Waals surface area contributed by atoms with Gasteiger partial charge in [0, 0.05) is 19.1 Å². The number of amides is 1. The molecule has 10 nitrogen and oxygen atoms in total. The number of carbonyl (C=O) groups excluding carboxylic acids is 2. The van der Waals surface area contributed by atoms with Crippen LogP contribution in [0, 0.1) is 5.92 Å². The Morgan fingerprint density at radius 1 is 1.11 bits per heavy atom. The number of hydrogen-bond donors (Lipinski definition) is 3. The Morgan fingerprint density at radius 2 is 1.74 bits per heavy atom. The van der Waals surface area contributed by atoms with Crippen LogP contribution < -0.4 is 20.5 Å². The zero-order valence-electron chi connectivity index (χ0n) is 21.2. The summed E-state index contributed by atoms with van der Waals surface area (Å²) >= 11 is 0. The van der Waals surface area contributed by atoms with Crippen LogP contribution in [0.3, 0.4) is 0 Å². The van der Waals surface area contributed by atoms with Gasteiger partial charge in [-0.25, -0.2) is 4.98 Å². The minimum absolute atomic E-state index is 0.00268. The maximum atomic E-state index is 12.7. The topological polar surface area (TPSA) is 145 Å². The number of carbonyl (C=O) groups is 2. The van der Waals surface area contributed by atoms with E-state index < -0.39 is 23.6 Å². The number of halogens is 3. The van der Waals surface area contributed by atoms with Gasteiger partial charge >= 0.3 is 6.36 Å². The van der Waals surface area contributed by atoms with E-state index >= 15 is 0 Å². The van der Waals surface area contributed by atoms with Gasteiger partial charge in [-0.05, 0) is 69.9 Å². The second-order valence-corrected chi connectivity index (χ2v) is 8.73. The van der Waals surface area contributed by atoms with Crippen molar-refractivity contribution in [2.75, 3.05) is 12.4 Å². The molecule has 1 aliphatic rings. The van der Waals surface area contributed by atoms with Crippen molar-refractivity contribution in [2.45, 2.75) is 57.6 Å². The second-order valence-electron chi connectivity index (χ2n) is 8.73. The Balaban J connectivity index is 0.00000247. The Kier molecular flexibility index (Phi) is 10.9. The summed E-state index contributed by atoms with van der Waals surface area (Å²) in [5.74, 6) is -0.423. The highest BCUT2D eigenvalue weighted by Crippen LogP contribution is 2.27. The smallest absolute Gasteiger partial charge is 0.474 e. The largest absolute Gasteiger partial charge is 0.573 e. The fourth-order valence-corrected chi connectivity index (χ4v) is 3.50. The molecule has 208 valence electrons. The number of benzene rings is 1. The van der Waals surface area contributed by atoms with E-state index in [9.17, 15) is 22.8 Å². The number of ether oxygens (including phenoxy) is 3. The monoisotopic (exact) mass is 540 g/mol. The predicted octanol–water partition coefficient (Wildman–Crippen LogP) is 4.11. The quantitative estimate of drug-likeness (QED) is 0.258. The number of aldehydes is 1. The molecule has 1 aliphatic carbocycles. The molecule has 1 saturated carbocycles. The number of rotatable bonds is 8. The van der Waals surface area contributed by atoms with Crippen molar-refractivity contribution in [3.8, 4) is 11.6 Å². The van der Waals surface area contributed by atoms with Crippen molar-refractivity contribution in [2.24, 2.45) is 16.6 Å². The molecule has 1 fully saturated rings. The normalized spacial score (nSPS) is 17.9. The molecule has 0 saturated heterocycles. The summed E-state index contributed by atoms with van der Waals surface area (Å²) in [6, 6.07) is 7.58. The number of aliphatic hydroxyl groups excluding tert-OH is 1. The van der Waals surface area contributed by atoms with Gasteiger partial charge in [0.1, 0.15) is 18.1 Å². The van der Waals surface area contributed by atoms with Crippen LogP contribution in [0.15, 0.2) is 47.6 Å². The minimum atomic E-state index is -4.80. The van der Waals surface area contributed by atoms with Crippen molar-refractivity contribution in [3.63, 3.8) is 0 Å². The fraction of sp³-hybridized carbons (Fsp3) is 0.440. The fourth-order valence-electron chi connectivity index (χ4n) is 3.50. The van der Waals surface area contributed by atoms with Crippen molar-refractivity contribution < 1.29 is 42.1 Å². The Labute approximate surface area is 218 Å². The van der Waals surface area contributed by atoms with E-state index in [-0.39, 0.29) is 23.7 Å². The van der Waals surface area contributed by atoms with Crippen LogP contribution in [0.1, 0.15) is 39.5 Å². The van der Waals surface area contributed by atoms with E-state index in [0.717, 1.165) is 51.2 Å². The molecule has 1 amide bonds. The lowest BCUT2D eigenvalue weighted by atomic mass is 9.88. The summed E-state index contributed by atoms with van der Waals surface area (Å²) in [7, 11) is 1.00. The number of alkyl halides is 3. The molecule has 38 heavy (non-hydrogen) atoms. The van der Waals surface area contributed by atoms with Crippen molar-refractivity contribution in [3.05, 3.63) is 42.6 Å². The summed E-state index contributed by atoms with van der Waals surface area (Å²) in [6.45, 7) is 2.96. The van der Waals surface area contributed by atoms with E-state index in [1.165, 1.54) is 32.2 Å². The Bertz CT molecular complexity index is 1070. The number of aromatic nitrogens is 1. The molecule has 0 unspecified atom stereocenters. The number of aliphatic imine (C=N–C) groups is 1. The SMILES string of the molecule is CC(C)(OC(N)=Nc1ccc(OC(F)(F)F)cc1)C(=O)Nc1ccc(OC2CCC(C=O)CC2)nc1.CO. The van der Waals surface area contributed by atoms with Gasteiger partial charge in [0.2, 0.25) is 5.88 Å². The first-order chi connectivity index (χ1) is 17.9. The number of nitrogens with two attached hydrogens (primary N) is 1. The zero-order valence-corrected chi connectivity index (χ0v) is 21.2. The van der Waals surface area contributed by atoms with E-state index in [1.807, 2.05) is 0 Å². The lowest BCUT2D eigenvalue weighted by Crippen LogP contribution is -2.43. The molecular formula is C25H31F3N4O6. The number of nitrogens with zero attached hydrogens (tertiary/aromatic N) is 2.